The lowest BCUT2D eigenvalue weighted by atomic mass is 10.1. The zero-order chi connectivity index (χ0) is 17.2. The first-order valence-corrected chi connectivity index (χ1v) is 8.40. The van der Waals surface area contributed by atoms with Crippen molar-refractivity contribution in [3.63, 3.8) is 0 Å². The van der Waals surface area contributed by atoms with Crippen molar-refractivity contribution in [2.75, 3.05) is 13.1 Å². The molecular weight excluding hydrogens is 318 g/mol. The quantitative estimate of drug-likeness (QED) is 0.793. The van der Waals surface area contributed by atoms with E-state index < -0.39 is 45.9 Å². The third kappa shape index (κ3) is 5.53. The Balaban J connectivity index is 2.77. The topological polar surface area (TPSA) is 75.7 Å². The van der Waals surface area contributed by atoms with Gasteiger partial charge in [-0.3, -0.25) is 4.90 Å². The zero-order valence-corrected chi connectivity index (χ0v) is 13.8. The average molecular weight is 340 g/mol. The molecule has 1 aliphatic heterocycles. The third-order valence-electron chi connectivity index (χ3n) is 3.03. The van der Waals surface area contributed by atoms with Gasteiger partial charge in [0.2, 0.25) is 0 Å². The number of hydrogen-bond acceptors (Lipinski definition) is 5. The maximum atomic E-state index is 13.1. The van der Waals surface area contributed by atoms with Gasteiger partial charge in [-0.2, -0.15) is 0 Å². The van der Waals surface area contributed by atoms with E-state index in [0.29, 0.717) is 0 Å². The Kier molecular flexibility index (Phi) is 5.56. The summed E-state index contributed by atoms with van der Waals surface area (Å²) in [7, 11) is -4.14. The minimum atomic E-state index is -4.14. The molecule has 0 bridgehead atoms. The smallest absolute Gasteiger partial charge is 0.421 e. The Morgan fingerprint density at radius 2 is 1.86 bits per heavy atom. The minimum Gasteiger partial charge on any atom is -0.443 e. The van der Waals surface area contributed by atoms with Gasteiger partial charge < -0.3 is 4.74 Å². The Morgan fingerprint density at radius 1 is 1.36 bits per heavy atom. The van der Waals surface area contributed by atoms with Gasteiger partial charge in [-0.15, -0.1) is 6.58 Å². The van der Waals surface area contributed by atoms with Crippen LogP contribution in [0.2, 0.25) is 0 Å². The number of nitrogens with zero attached hydrogens (tertiary/aromatic N) is 1. The van der Waals surface area contributed by atoms with E-state index in [2.05, 4.69) is 6.58 Å². The van der Waals surface area contributed by atoms with Crippen LogP contribution in [0.15, 0.2) is 12.7 Å². The van der Waals surface area contributed by atoms with E-state index in [1.165, 1.54) is 4.90 Å². The van der Waals surface area contributed by atoms with Crippen molar-refractivity contribution in [2.45, 2.75) is 50.5 Å². The second-order valence-corrected chi connectivity index (χ2v) is 7.94. The molecule has 1 unspecified atom stereocenters. The van der Waals surface area contributed by atoms with Crippen LogP contribution in [0.4, 0.5) is 13.6 Å². The fraction of sp³-hybridized carbons (Fsp3) is 0.769. The normalized spacial score (nSPS) is 21.0. The molecule has 1 atom stereocenters. The number of amides is 1. The van der Waals surface area contributed by atoms with E-state index in [1.54, 1.807) is 25.5 Å². The molecule has 1 saturated heterocycles. The van der Waals surface area contributed by atoms with Crippen molar-refractivity contribution in [3.8, 4) is 0 Å². The molecular formula is C13H22F2N2O4S. The van der Waals surface area contributed by atoms with Crippen molar-refractivity contribution in [1.29, 1.82) is 0 Å². The SMILES string of the molecule is C=CC(N1CCC(F)(F)CC1)S(=O)(=O)NC(=O)OC(C)(C)C. The number of halogens is 2. The standard InChI is InChI=1S/C13H22F2N2O4S/c1-5-10(17-8-6-13(14,15)7-9-17)22(19,20)16-11(18)21-12(2,3)4/h5,10H,1,6-9H2,2-4H3,(H,16,18). The molecule has 1 N–H and O–H groups in total. The summed E-state index contributed by atoms with van der Waals surface area (Å²) in [4.78, 5) is 12.9. The van der Waals surface area contributed by atoms with E-state index in [9.17, 15) is 22.0 Å². The molecule has 0 aromatic carbocycles. The Labute approximate surface area is 129 Å². The van der Waals surface area contributed by atoms with E-state index in [-0.39, 0.29) is 13.1 Å². The highest BCUT2D eigenvalue weighted by Crippen LogP contribution is 2.29. The van der Waals surface area contributed by atoms with Gasteiger partial charge in [-0.25, -0.2) is 26.7 Å². The first-order chi connectivity index (χ1) is 9.86. The molecule has 22 heavy (non-hydrogen) atoms. The molecule has 0 saturated carbocycles. The van der Waals surface area contributed by atoms with Crippen molar-refractivity contribution in [3.05, 3.63) is 12.7 Å². The highest BCUT2D eigenvalue weighted by Gasteiger charge is 2.39. The summed E-state index contributed by atoms with van der Waals surface area (Å²) < 4.78 is 57.4. The van der Waals surface area contributed by atoms with Crippen LogP contribution in [-0.2, 0) is 14.8 Å². The maximum absolute atomic E-state index is 13.1. The molecule has 0 aliphatic carbocycles. The zero-order valence-electron chi connectivity index (χ0n) is 12.9. The van der Waals surface area contributed by atoms with Crippen LogP contribution in [0.1, 0.15) is 33.6 Å². The molecule has 6 nitrogen and oxygen atoms in total. The number of rotatable bonds is 4. The maximum Gasteiger partial charge on any atom is 0.421 e. The summed E-state index contributed by atoms with van der Waals surface area (Å²) in [5.74, 6) is -2.79. The summed E-state index contributed by atoms with van der Waals surface area (Å²) in [6.07, 6.45) is -0.865. The van der Waals surface area contributed by atoms with Crippen LogP contribution in [0.3, 0.4) is 0 Å². The molecule has 1 heterocycles. The van der Waals surface area contributed by atoms with Crippen LogP contribution in [-0.4, -0.2) is 49.4 Å². The van der Waals surface area contributed by atoms with Gasteiger partial charge in [-0.1, -0.05) is 6.08 Å². The lowest BCUT2D eigenvalue weighted by molar-refractivity contribution is -0.0554. The van der Waals surface area contributed by atoms with Crippen molar-refractivity contribution < 1.29 is 26.7 Å². The Morgan fingerprint density at radius 3 is 2.27 bits per heavy atom. The second-order valence-electron chi connectivity index (χ2n) is 6.17. The summed E-state index contributed by atoms with van der Waals surface area (Å²) in [5, 5.41) is -1.27. The fourth-order valence-electron chi connectivity index (χ4n) is 2.05. The van der Waals surface area contributed by atoms with Gasteiger partial charge >= 0.3 is 6.09 Å². The van der Waals surface area contributed by atoms with Gasteiger partial charge in [0.15, 0.2) is 5.37 Å². The predicted octanol–water partition coefficient (Wildman–Crippen LogP) is 2.08. The molecule has 0 aromatic heterocycles. The van der Waals surface area contributed by atoms with Crippen molar-refractivity contribution >= 4 is 16.1 Å². The monoisotopic (exact) mass is 340 g/mol. The summed E-state index contributed by atoms with van der Waals surface area (Å²) in [5.41, 5.74) is -0.851. The van der Waals surface area contributed by atoms with Crippen LogP contribution >= 0.6 is 0 Å². The number of likely N-dealkylation sites (tertiary alicyclic amines) is 1. The fourth-order valence-corrected chi connectivity index (χ4v) is 3.30. The number of sulfonamides is 1. The Bertz CT molecular complexity index is 519. The summed E-state index contributed by atoms with van der Waals surface area (Å²) >= 11 is 0. The predicted molar refractivity (Wildman–Crippen MR) is 78.0 cm³/mol. The number of ether oxygens (including phenoxy) is 1. The summed E-state index contributed by atoms with van der Waals surface area (Å²) in [6, 6.07) is 0. The first kappa shape index (κ1) is 18.8. The molecule has 128 valence electrons. The van der Waals surface area contributed by atoms with Gasteiger partial charge in [0.25, 0.3) is 15.9 Å². The molecule has 9 heteroatoms. The third-order valence-corrected chi connectivity index (χ3v) is 4.61. The number of carbonyl (C=O) groups is 1. The largest absolute Gasteiger partial charge is 0.443 e. The van der Waals surface area contributed by atoms with Crippen LogP contribution in [0.5, 0.6) is 0 Å². The summed E-state index contributed by atoms with van der Waals surface area (Å²) in [6.45, 7) is 8.01. The highest BCUT2D eigenvalue weighted by atomic mass is 32.2. The highest BCUT2D eigenvalue weighted by molar-refractivity contribution is 7.90. The lowest BCUT2D eigenvalue weighted by Gasteiger charge is -2.35. The minimum absolute atomic E-state index is 0.0983. The number of piperidine rings is 1. The van der Waals surface area contributed by atoms with E-state index in [0.717, 1.165) is 6.08 Å². The number of alkyl halides is 2. The van der Waals surface area contributed by atoms with Crippen LogP contribution in [0.25, 0.3) is 0 Å². The van der Waals surface area contributed by atoms with Gasteiger partial charge in [0, 0.05) is 25.9 Å². The van der Waals surface area contributed by atoms with E-state index in [1.807, 2.05) is 0 Å². The van der Waals surface area contributed by atoms with Gasteiger partial charge in [0.1, 0.15) is 5.60 Å². The molecule has 0 spiro atoms. The average Bonchev–Trinajstić information content (AvgIpc) is 2.28. The lowest BCUT2D eigenvalue weighted by Crippen LogP contribution is -2.51. The van der Waals surface area contributed by atoms with Gasteiger partial charge in [0.05, 0.1) is 0 Å². The molecule has 1 aliphatic rings. The second kappa shape index (κ2) is 6.49. The number of carbonyl (C=O) groups excluding carboxylic acids is 1. The number of nitrogens with one attached hydrogen (secondary N) is 1. The van der Waals surface area contributed by atoms with Crippen LogP contribution < -0.4 is 4.72 Å². The number of hydrogen-bond donors (Lipinski definition) is 1. The first-order valence-electron chi connectivity index (χ1n) is 6.85. The molecule has 1 fully saturated rings. The molecule has 1 amide bonds. The molecule has 1 rings (SSSR count). The molecule has 0 radical (unpaired) electrons. The van der Waals surface area contributed by atoms with Gasteiger partial charge in [-0.05, 0) is 20.8 Å². The van der Waals surface area contributed by atoms with E-state index >= 15 is 0 Å². The van der Waals surface area contributed by atoms with E-state index in [4.69, 9.17) is 4.74 Å². The van der Waals surface area contributed by atoms with Crippen molar-refractivity contribution in [1.82, 2.24) is 9.62 Å². The van der Waals surface area contributed by atoms with Crippen molar-refractivity contribution in [2.24, 2.45) is 0 Å². The Hall–Kier alpha value is -1.22. The molecule has 0 aromatic rings. The van der Waals surface area contributed by atoms with Crippen LogP contribution in [0, 0.1) is 0 Å².